The smallest absolute Gasteiger partial charge is 0.407 e. The average molecular weight is 425 g/mol. The number of rotatable bonds is 7. The maximum absolute atomic E-state index is 12.2. The maximum Gasteiger partial charge on any atom is 0.407 e. The molecule has 7 nitrogen and oxygen atoms in total. The second-order valence-corrected chi connectivity index (χ2v) is 8.31. The zero-order chi connectivity index (χ0) is 22.4. The summed E-state index contributed by atoms with van der Waals surface area (Å²) in [5, 5.41) is 4.79. The second kappa shape index (κ2) is 9.64. The zero-order valence-electron chi connectivity index (χ0n) is 18.0. The minimum Gasteiger partial charge on any atom is -0.444 e. The van der Waals surface area contributed by atoms with Crippen LogP contribution < -0.4 is 15.7 Å². The molecule has 164 valence electrons. The number of fused-ring (bicyclic) bond motifs is 3. The number of carbonyl (C=O) groups excluding carboxylic acids is 2. The molecule has 0 radical (unpaired) electrons. The Kier molecular flexibility index (Phi) is 6.95. The van der Waals surface area contributed by atoms with Crippen LogP contribution in [-0.2, 0) is 9.53 Å². The largest absolute Gasteiger partial charge is 0.444 e. The first-order valence-electron chi connectivity index (χ1n) is 10.4. The Labute approximate surface area is 180 Å². The molecule has 31 heavy (non-hydrogen) atoms. The topological polar surface area (TPSA) is 94.8 Å². The molecule has 1 heterocycles. The number of benzene rings is 2. The molecule has 0 saturated heterocycles. The first-order valence-corrected chi connectivity index (χ1v) is 10.4. The Morgan fingerprint density at radius 1 is 0.968 bits per heavy atom. The summed E-state index contributed by atoms with van der Waals surface area (Å²) in [6.07, 6.45) is 1.96. The number of ether oxygens (including phenoxy) is 2. The van der Waals surface area contributed by atoms with Gasteiger partial charge in [0.25, 0.3) is 0 Å². The zero-order valence-corrected chi connectivity index (χ0v) is 18.0. The molecular formula is C24H27NO6. The van der Waals surface area contributed by atoms with E-state index in [1.54, 1.807) is 30.3 Å². The van der Waals surface area contributed by atoms with E-state index in [1.165, 1.54) is 0 Å². The predicted octanol–water partition coefficient (Wildman–Crippen LogP) is 4.94. The lowest BCUT2D eigenvalue weighted by molar-refractivity contribution is -0.134. The SMILES string of the molecule is CC(C)(C)OC(=O)NCCCCCC(=O)Oc1ccc2c(c1)oc(=O)c1ccccc12. The van der Waals surface area contributed by atoms with Crippen LogP contribution in [0.3, 0.4) is 0 Å². The quantitative estimate of drug-likeness (QED) is 0.189. The molecule has 0 bridgehead atoms. The first-order chi connectivity index (χ1) is 14.7. The highest BCUT2D eigenvalue weighted by atomic mass is 16.6. The third-order valence-electron chi connectivity index (χ3n) is 4.55. The highest BCUT2D eigenvalue weighted by Crippen LogP contribution is 2.26. The summed E-state index contributed by atoms with van der Waals surface area (Å²) in [5.74, 6) is -0.0230. The van der Waals surface area contributed by atoms with E-state index in [0.29, 0.717) is 29.7 Å². The first kappa shape index (κ1) is 22.3. The van der Waals surface area contributed by atoms with Gasteiger partial charge in [0.1, 0.15) is 16.9 Å². The van der Waals surface area contributed by atoms with Crippen LogP contribution >= 0.6 is 0 Å². The molecule has 1 amide bonds. The molecule has 0 saturated carbocycles. The average Bonchev–Trinajstić information content (AvgIpc) is 2.69. The third kappa shape index (κ3) is 6.31. The second-order valence-electron chi connectivity index (χ2n) is 8.31. The number of carbonyl (C=O) groups is 2. The van der Waals surface area contributed by atoms with Gasteiger partial charge in [0.05, 0.1) is 5.39 Å². The van der Waals surface area contributed by atoms with E-state index >= 15 is 0 Å². The fourth-order valence-corrected chi connectivity index (χ4v) is 3.18. The van der Waals surface area contributed by atoms with Crippen LogP contribution in [0.25, 0.3) is 21.7 Å². The van der Waals surface area contributed by atoms with Gasteiger partial charge in [-0.15, -0.1) is 0 Å². The standard InChI is InChI=1S/C24H27NO6/c1-24(2,3)31-23(28)25-14-8-4-5-11-21(26)29-16-12-13-18-17-9-6-7-10-19(17)22(27)30-20(18)15-16/h6-7,9-10,12-13,15H,4-5,8,11,14H2,1-3H3,(H,25,28). The van der Waals surface area contributed by atoms with Crippen LogP contribution in [0.2, 0.25) is 0 Å². The van der Waals surface area contributed by atoms with E-state index in [-0.39, 0.29) is 12.4 Å². The molecule has 0 aliphatic heterocycles. The predicted molar refractivity (Wildman–Crippen MR) is 118 cm³/mol. The normalized spacial score (nSPS) is 11.5. The minimum atomic E-state index is -0.522. The van der Waals surface area contributed by atoms with Crippen LogP contribution in [-0.4, -0.2) is 24.2 Å². The summed E-state index contributed by atoms with van der Waals surface area (Å²) in [6, 6.07) is 12.3. The van der Waals surface area contributed by atoms with Crippen molar-refractivity contribution >= 4 is 33.8 Å². The van der Waals surface area contributed by atoms with Crippen molar-refractivity contribution in [1.82, 2.24) is 5.32 Å². The lowest BCUT2D eigenvalue weighted by Crippen LogP contribution is -2.33. The third-order valence-corrected chi connectivity index (χ3v) is 4.55. The number of esters is 1. The van der Waals surface area contributed by atoms with Crippen molar-refractivity contribution < 1.29 is 23.5 Å². The van der Waals surface area contributed by atoms with Crippen molar-refractivity contribution in [1.29, 1.82) is 0 Å². The van der Waals surface area contributed by atoms with Gasteiger partial charge in [-0.2, -0.15) is 0 Å². The Morgan fingerprint density at radius 3 is 2.45 bits per heavy atom. The Bertz CT molecular complexity index is 1140. The monoisotopic (exact) mass is 425 g/mol. The number of alkyl carbamates (subject to hydrolysis) is 1. The van der Waals surface area contributed by atoms with Crippen LogP contribution in [0.5, 0.6) is 5.75 Å². The number of amides is 1. The summed E-state index contributed by atoms with van der Waals surface area (Å²) in [4.78, 5) is 35.8. The minimum absolute atomic E-state index is 0.256. The summed E-state index contributed by atoms with van der Waals surface area (Å²) >= 11 is 0. The molecule has 0 aliphatic carbocycles. The fraction of sp³-hybridized carbons (Fsp3) is 0.375. The highest BCUT2D eigenvalue weighted by Gasteiger charge is 2.15. The van der Waals surface area contributed by atoms with Gasteiger partial charge in [-0.25, -0.2) is 9.59 Å². The molecule has 3 rings (SSSR count). The van der Waals surface area contributed by atoms with Crippen LogP contribution in [0.4, 0.5) is 4.79 Å². The van der Waals surface area contributed by atoms with E-state index in [9.17, 15) is 14.4 Å². The van der Waals surface area contributed by atoms with Crippen molar-refractivity contribution in [2.75, 3.05) is 6.54 Å². The number of nitrogens with one attached hydrogen (secondary N) is 1. The Balaban J connectivity index is 1.47. The van der Waals surface area contributed by atoms with E-state index in [0.717, 1.165) is 23.6 Å². The molecule has 1 aromatic heterocycles. The summed E-state index contributed by atoms with van der Waals surface area (Å²) in [6.45, 7) is 5.92. The molecule has 2 aromatic carbocycles. The Hall–Kier alpha value is -3.35. The molecule has 0 unspecified atom stereocenters. The molecule has 7 heteroatoms. The van der Waals surface area contributed by atoms with E-state index < -0.39 is 17.3 Å². The molecule has 0 atom stereocenters. The maximum atomic E-state index is 12.2. The Morgan fingerprint density at radius 2 is 1.71 bits per heavy atom. The molecule has 0 fully saturated rings. The van der Waals surface area contributed by atoms with E-state index in [1.807, 2.05) is 32.9 Å². The van der Waals surface area contributed by atoms with Gasteiger partial charge in [0, 0.05) is 24.4 Å². The van der Waals surface area contributed by atoms with Gasteiger partial charge in [-0.05, 0) is 57.2 Å². The lowest BCUT2D eigenvalue weighted by Gasteiger charge is -2.19. The lowest BCUT2D eigenvalue weighted by atomic mass is 10.1. The van der Waals surface area contributed by atoms with Crippen molar-refractivity contribution in [2.45, 2.75) is 52.1 Å². The van der Waals surface area contributed by atoms with Crippen molar-refractivity contribution in [3.8, 4) is 5.75 Å². The van der Waals surface area contributed by atoms with Crippen molar-refractivity contribution in [3.63, 3.8) is 0 Å². The molecule has 3 aromatic rings. The van der Waals surface area contributed by atoms with Gasteiger partial charge in [0.15, 0.2) is 0 Å². The fourth-order valence-electron chi connectivity index (χ4n) is 3.18. The summed E-state index contributed by atoms with van der Waals surface area (Å²) in [7, 11) is 0. The molecular weight excluding hydrogens is 398 g/mol. The van der Waals surface area contributed by atoms with Gasteiger partial charge in [-0.3, -0.25) is 4.79 Å². The van der Waals surface area contributed by atoms with E-state index in [2.05, 4.69) is 5.32 Å². The van der Waals surface area contributed by atoms with Gasteiger partial charge in [-0.1, -0.05) is 24.6 Å². The van der Waals surface area contributed by atoms with Gasteiger partial charge >= 0.3 is 17.7 Å². The molecule has 1 N–H and O–H groups in total. The van der Waals surface area contributed by atoms with E-state index in [4.69, 9.17) is 13.9 Å². The summed E-state index contributed by atoms with van der Waals surface area (Å²) in [5.41, 5.74) is -0.569. The van der Waals surface area contributed by atoms with Crippen LogP contribution in [0, 0.1) is 0 Å². The van der Waals surface area contributed by atoms with Crippen LogP contribution in [0.15, 0.2) is 51.7 Å². The highest BCUT2D eigenvalue weighted by molar-refractivity contribution is 6.04. The number of hydrogen-bond acceptors (Lipinski definition) is 6. The molecule has 0 spiro atoms. The van der Waals surface area contributed by atoms with Crippen LogP contribution in [0.1, 0.15) is 46.5 Å². The summed E-state index contributed by atoms with van der Waals surface area (Å²) < 4.78 is 15.9. The number of hydrogen-bond donors (Lipinski definition) is 1. The number of unbranched alkanes of at least 4 members (excludes halogenated alkanes) is 2. The van der Waals surface area contributed by atoms with Crippen molar-refractivity contribution in [2.24, 2.45) is 0 Å². The molecule has 0 aliphatic rings. The van der Waals surface area contributed by atoms with Gasteiger partial charge in [0.2, 0.25) is 0 Å². The van der Waals surface area contributed by atoms with Gasteiger partial charge < -0.3 is 19.2 Å². The van der Waals surface area contributed by atoms with Crippen molar-refractivity contribution in [3.05, 3.63) is 52.9 Å².